The van der Waals surface area contributed by atoms with Gasteiger partial charge in [0, 0.05) is 13.1 Å². The second kappa shape index (κ2) is 4.72. The second-order valence-electron chi connectivity index (χ2n) is 5.49. The van der Waals surface area contributed by atoms with Crippen LogP contribution in [0.15, 0.2) is 0 Å². The van der Waals surface area contributed by atoms with E-state index in [4.69, 9.17) is 0 Å². The zero-order valence-electron chi connectivity index (χ0n) is 10.4. The number of rotatable bonds is 3. The highest BCUT2D eigenvalue weighted by molar-refractivity contribution is 5.86. The van der Waals surface area contributed by atoms with Gasteiger partial charge in [0.1, 0.15) is 0 Å². The SMILES string of the molecule is CN1CCC(CNC(=O)C2(C)CCCN2)C1. The van der Waals surface area contributed by atoms with Crippen molar-refractivity contribution in [2.24, 2.45) is 5.92 Å². The van der Waals surface area contributed by atoms with Crippen LogP contribution in [0.1, 0.15) is 26.2 Å². The van der Waals surface area contributed by atoms with Crippen LogP contribution in [0.2, 0.25) is 0 Å². The van der Waals surface area contributed by atoms with E-state index in [1.54, 1.807) is 0 Å². The molecule has 16 heavy (non-hydrogen) atoms. The molecular formula is C12H23N3O. The van der Waals surface area contributed by atoms with E-state index in [1.165, 1.54) is 6.42 Å². The van der Waals surface area contributed by atoms with Gasteiger partial charge in [-0.2, -0.15) is 0 Å². The Hall–Kier alpha value is -0.610. The van der Waals surface area contributed by atoms with E-state index in [1.807, 2.05) is 6.92 Å². The third-order valence-corrected chi connectivity index (χ3v) is 3.91. The van der Waals surface area contributed by atoms with Crippen molar-refractivity contribution < 1.29 is 4.79 Å². The number of amides is 1. The maximum absolute atomic E-state index is 12.0. The van der Waals surface area contributed by atoms with Crippen LogP contribution < -0.4 is 10.6 Å². The van der Waals surface area contributed by atoms with Crippen LogP contribution in [0.25, 0.3) is 0 Å². The van der Waals surface area contributed by atoms with Gasteiger partial charge in [-0.05, 0) is 52.2 Å². The Kier molecular flexibility index (Phi) is 3.50. The zero-order chi connectivity index (χ0) is 11.6. The number of hydrogen-bond acceptors (Lipinski definition) is 3. The van der Waals surface area contributed by atoms with Crippen LogP contribution in [-0.4, -0.2) is 49.6 Å². The average Bonchev–Trinajstić information content (AvgIpc) is 2.85. The van der Waals surface area contributed by atoms with Gasteiger partial charge < -0.3 is 15.5 Å². The van der Waals surface area contributed by atoms with Crippen LogP contribution in [0.4, 0.5) is 0 Å². The first-order valence-electron chi connectivity index (χ1n) is 6.32. The molecule has 0 aromatic carbocycles. The van der Waals surface area contributed by atoms with Gasteiger partial charge in [-0.1, -0.05) is 0 Å². The number of nitrogens with one attached hydrogen (secondary N) is 2. The molecule has 0 aromatic rings. The summed E-state index contributed by atoms with van der Waals surface area (Å²) in [5.41, 5.74) is -0.315. The van der Waals surface area contributed by atoms with Crippen LogP contribution in [0.5, 0.6) is 0 Å². The van der Waals surface area contributed by atoms with Crippen molar-refractivity contribution in [3.8, 4) is 0 Å². The lowest BCUT2D eigenvalue weighted by Gasteiger charge is -2.24. The fraction of sp³-hybridized carbons (Fsp3) is 0.917. The minimum absolute atomic E-state index is 0.180. The number of likely N-dealkylation sites (tertiary alicyclic amines) is 1. The molecule has 0 bridgehead atoms. The molecule has 0 radical (unpaired) electrons. The fourth-order valence-corrected chi connectivity index (χ4v) is 2.71. The molecule has 4 nitrogen and oxygen atoms in total. The highest BCUT2D eigenvalue weighted by Crippen LogP contribution is 2.19. The molecule has 4 heteroatoms. The molecule has 0 saturated carbocycles. The topological polar surface area (TPSA) is 44.4 Å². The molecule has 2 atom stereocenters. The molecular weight excluding hydrogens is 202 g/mol. The van der Waals surface area contributed by atoms with E-state index in [0.717, 1.165) is 39.0 Å². The second-order valence-corrected chi connectivity index (χ2v) is 5.49. The van der Waals surface area contributed by atoms with Crippen LogP contribution in [0.3, 0.4) is 0 Å². The standard InChI is InChI=1S/C12H23N3O/c1-12(5-3-6-14-12)11(16)13-8-10-4-7-15(2)9-10/h10,14H,3-9H2,1-2H3,(H,13,16). The van der Waals surface area contributed by atoms with Gasteiger partial charge in [-0.25, -0.2) is 0 Å². The summed E-state index contributed by atoms with van der Waals surface area (Å²) < 4.78 is 0. The molecule has 92 valence electrons. The molecule has 2 aliphatic rings. The Bertz CT molecular complexity index is 261. The van der Waals surface area contributed by atoms with Crippen LogP contribution >= 0.6 is 0 Å². The molecule has 2 saturated heterocycles. The van der Waals surface area contributed by atoms with Crippen molar-refractivity contribution in [2.75, 3.05) is 33.2 Å². The van der Waals surface area contributed by atoms with Crippen molar-refractivity contribution in [3.05, 3.63) is 0 Å². The minimum Gasteiger partial charge on any atom is -0.354 e. The van der Waals surface area contributed by atoms with Crippen molar-refractivity contribution in [1.29, 1.82) is 0 Å². The third-order valence-electron chi connectivity index (χ3n) is 3.91. The fourth-order valence-electron chi connectivity index (χ4n) is 2.71. The van der Waals surface area contributed by atoms with Crippen molar-refractivity contribution in [3.63, 3.8) is 0 Å². The van der Waals surface area contributed by atoms with E-state index >= 15 is 0 Å². The molecule has 2 fully saturated rings. The Balaban J connectivity index is 1.75. The normalized spacial score (nSPS) is 35.5. The third kappa shape index (κ3) is 2.55. The number of carbonyl (C=O) groups is 1. The molecule has 0 spiro atoms. The molecule has 0 aromatic heterocycles. The first-order valence-corrected chi connectivity index (χ1v) is 6.32. The van der Waals surface area contributed by atoms with Crippen molar-refractivity contribution in [1.82, 2.24) is 15.5 Å². The molecule has 2 N–H and O–H groups in total. The summed E-state index contributed by atoms with van der Waals surface area (Å²) in [4.78, 5) is 14.3. The van der Waals surface area contributed by atoms with E-state index in [9.17, 15) is 4.79 Å². The molecule has 0 aliphatic carbocycles. The molecule has 2 heterocycles. The Morgan fingerprint density at radius 1 is 1.62 bits per heavy atom. The van der Waals surface area contributed by atoms with E-state index < -0.39 is 0 Å². The highest BCUT2D eigenvalue weighted by Gasteiger charge is 2.36. The van der Waals surface area contributed by atoms with Gasteiger partial charge in [0.15, 0.2) is 0 Å². The summed E-state index contributed by atoms with van der Waals surface area (Å²) in [6.45, 7) is 6.09. The number of carbonyl (C=O) groups excluding carboxylic acids is 1. The summed E-state index contributed by atoms with van der Waals surface area (Å²) in [6, 6.07) is 0. The number of hydrogen-bond donors (Lipinski definition) is 2. The lowest BCUT2D eigenvalue weighted by molar-refractivity contribution is -0.126. The van der Waals surface area contributed by atoms with Gasteiger partial charge in [0.05, 0.1) is 5.54 Å². The van der Waals surface area contributed by atoms with Crippen LogP contribution in [-0.2, 0) is 4.79 Å². The summed E-state index contributed by atoms with van der Waals surface area (Å²) in [7, 11) is 2.14. The molecule has 2 unspecified atom stereocenters. The average molecular weight is 225 g/mol. The first-order chi connectivity index (χ1) is 7.60. The Morgan fingerprint density at radius 2 is 2.44 bits per heavy atom. The summed E-state index contributed by atoms with van der Waals surface area (Å²) in [5, 5.41) is 6.39. The van der Waals surface area contributed by atoms with Crippen LogP contribution in [0, 0.1) is 5.92 Å². The first kappa shape index (κ1) is 11.9. The Morgan fingerprint density at radius 3 is 3.00 bits per heavy atom. The zero-order valence-corrected chi connectivity index (χ0v) is 10.4. The number of nitrogens with zero attached hydrogens (tertiary/aromatic N) is 1. The highest BCUT2D eigenvalue weighted by atomic mass is 16.2. The minimum atomic E-state index is -0.315. The quantitative estimate of drug-likeness (QED) is 0.721. The largest absolute Gasteiger partial charge is 0.354 e. The lowest BCUT2D eigenvalue weighted by Crippen LogP contribution is -2.52. The molecule has 2 rings (SSSR count). The van der Waals surface area contributed by atoms with Crippen molar-refractivity contribution >= 4 is 5.91 Å². The van der Waals surface area contributed by atoms with E-state index in [-0.39, 0.29) is 11.4 Å². The van der Waals surface area contributed by atoms with Gasteiger partial charge in [-0.15, -0.1) is 0 Å². The molecule has 2 aliphatic heterocycles. The summed E-state index contributed by atoms with van der Waals surface area (Å²) in [6.07, 6.45) is 3.28. The van der Waals surface area contributed by atoms with Gasteiger partial charge in [0.25, 0.3) is 0 Å². The smallest absolute Gasteiger partial charge is 0.240 e. The monoisotopic (exact) mass is 225 g/mol. The predicted molar refractivity (Wildman–Crippen MR) is 64.3 cm³/mol. The predicted octanol–water partition coefficient (Wildman–Crippen LogP) is 0.196. The maximum Gasteiger partial charge on any atom is 0.240 e. The molecule has 1 amide bonds. The van der Waals surface area contributed by atoms with Gasteiger partial charge in [-0.3, -0.25) is 4.79 Å². The van der Waals surface area contributed by atoms with Crippen molar-refractivity contribution in [2.45, 2.75) is 31.7 Å². The lowest BCUT2D eigenvalue weighted by atomic mass is 9.99. The Labute approximate surface area is 97.8 Å². The summed E-state index contributed by atoms with van der Waals surface area (Å²) in [5.74, 6) is 0.818. The maximum atomic E-state index is 12.0. The van der Waals surface area contributed by atoms with E-state index in [2.05, 4.69) is 22.6 Å². The van der Waals surface area contributed by atoms with Gasteiger partial charge in [0.2, 0.25) is 5.91 Å². The summed E-state index contributed by atoms with van der Waals surface area (Å²) >= 11 is 0. The van der Waals surface area contributed by atoms with E-state index in [0.29, 0.717) is 5.92 Å². The van der Waals surface area contributed by atoms with Gasteiger partial charge >= 0.3 is 0 Å².